The predicted molar refractivity (Wildman–Crippen MR) is 53.6 cm³/mol. The number of hydrogen-bond donors (Lipinski definition) is 3. The molecular formula is C8H7F2NO5S. The fourth-order valence-electron chi connectivity index (χ4n) is 0.996. The lowest BCUT2D eigenvalue weighted by molar-refractivity contribution is 0.0694. The molecule has 0 atom stereocenters. The first-order chi connectivity index (χ1) is 7.75. The molecule has 0 aromatic heterocycles. The molecule has 0 heterocycles. The van der Waals surface area contributed by atoms with Gasteiger partial charge in [0.05, 0.1) is 5.69 Å². The molecule has 0 unspecified atom stereocenters. The molecule has 0 amide bonds. The molecule has 0 saturated carbocycles. The van der Waals surface area contributed by atoms with Gasteiger partial charge in [-0.1, -0.05) is 6.07 Å². The number of carboxylic acids is 1. The maximum absolute atomic E-state index is 12.0. The number of anilines is 1. The van der Waals surface area contributed by atoms with Crippen molar-refractivity contribution >= 4 is 21.7 Å². The highest BCUT2D eigenvalue weighted by Gasteiger charge is 2.25. The second-order valence-corrected chi connectivity index (χ2v) is 4.57. The van der Waals surface area contributed by atoms with E-state index in [9.17, 15) is 27.1 Å². The number of rotatable bonds is 4. The van der Waals surface area contributed by atoms with Crippen LogP contribution in [0.4, 0.5) is 14.5 Å². The Morgan fingerprint density at radius 3 is 2.41 bits per heavy atom. The predicted octanol–water partition coefficient (Wildman–Crippen LogP) is 1.05. The van der Waals surface area contributed by atoms with Crippen LogP contribution >= 0.6 is 0 Å². The van der Waals surface area contributed by atoms with E-state index in [-0.39, 0.29) is 0 Å². The third kappa shape index (κ3) is 2.81. The van der Waals surface area contributed by atoms with E-state index in [1.54, 1.807) is 0 Å². The summed E-state index contributed by atoms with van der Waals surface area (Å²) >= 11 is 0. The minimum atomic E-state index is -4.95. The molecule has 0 radical (unpaired) electrons. The molecule has 0 bridgehead atoms. The third-order valence-electron chi connectivity index (χ3n) is 1.75. The van der Waals surface area contributed by atoms with E-state index in [0.29, 0.717) is 0 Å². The average Bonchev–Trinajstić information content (AvgIpc) is 2.20. The lowest BCUT2D eigenvalue weighted by atomic mass is 10.2. The van der Waals surface area contributed by atoms with E-state index in [1.165, 1.54) is 4.72 Å². The molecule has 0 aliphatic rings. The highest BCUT2D eigenvalue weighted by Crippen LogP contribution is 2.28. The molecule has 0 saturated heterocycles. The number of phenols is 1. The molecule has 3 N–H and O–H groups in total. The Balaban J connectivity index is 3.18. The van der Waals surface area contributed by atoms with Crippen molar-refractivity contribution in [3.05, 3.63) is 23.8 Å². The Bertz CT molecular complexity index is 543. The number of aromatic carboxylic acids is 1. The number of aromatic hydroxyl groups is 1. The van der Waals surface area contributed by atoms with Crippen molar-refractivity contribution in [1.29, 1.82) is 0 Å². The number of carbonyl (C=O) groups is 1. The number of nitrogens with one attached hydrogen (secondary N) is 1. The standard InChI is InChI=1S/C8H7F2NO5S/c9-8(10)17(15,16)11-5-3-1-2-4(6(5)12)7(13)14/h1-3,8,11-12H,(H,13,14). The zero-order valence-electron chi connectivity index (χ0n) is 8.09. The van der Waals surface area contributed by atoms with E-state index >= 15 is 0 Å². The number of benzene rings is 1. The Morgan fingerprint density at radius 1 is 1.35 bits per heavy atom. The summed E-state index contributed by atoms with van der Waals surface area (Å²) in [7, 11) is -4.95. The molecule has 94 valence electrons. The van der Waals surface area contributed by atoms with Crippen LogP contribution in [0.3, 0.4) is 0 Å². The molecule has 6 nitrogen and oxygen atoms in total. The second kappa shape index (κ2) is 4.53. The second-order valence-electron chi connectivity index (χ2n) is 2.91. The summed E-state index contributed by atoms with van der Waals surface area (Å²) in [5, 5.41) is 18.0. The summed E-state index contributed by atoms with van der Waals surface area (Å²) in [6, 6.07) is 3.06. The number of alkyl halides is 2. The van der Waals surface area contributed by atoms with E-state index in [4.69, 9.17) is 5.11 Å². The van der Waals surface area contributed by atoms with Crippen LogP contribution in [0.1, 0.15) is 10.4 Å². The maximum Gasteiger partial charge on any atom is 0.355 e. The van der Waals surface area contributed by atoms with Gasteiger partial charge < -0.3 is 10.2 Å². The van der Waals surface area contributed by atoms with Crippen LogP contribution in [-0.2, 0) is 10.0 Å². The molecule has 0 aliphatic carbocycles. The van der Waals surface area contributed by atoms with Crippen molar-refractivity contribution in [2.24, 2.45) is 0 Å². The van der Waals surface area contributed by atoms with Gasteiger partial charge in [-0.25, -0.2) is 13.2 Å². The number of para-hydroxylation sites is 1. The molecule has 0 fully saturated rings. The fourth-order valence-corrected chi connectivity index (χ4v) is 1.56. The molecule has 1 aromatic carbocycles. The van der Waals surface area contributed by atoms with Gasteiger partial charge in [0.15, 0.2) is 5.75 Å². The SMILES string of the molecule is O=C(O)c1cccc(NS(=O)(=O)C(F)F)c1O. The Kier molecular flexibility index (Phi) is 3.51. The van der Waals surface area contributed by atoms with Crippen molar-refractivity contribution in [3.63, 3.8) is 0 Å². The van der Waals surface area contributed by atoms with E-state index in [1.807, 2.05) is 0 Å². The number of halogens is 2. The Morgan fingerprint density at radius 2 is 1.94 bits per heavy atom. The van der Waals surface area contributed by atoms with Gasteiger partial charge in [-0.15, -0.1) is 0 Å². The maximum atomic E-state index is 12.0. The van der Waals surface area contributed by atoms with E-state index in [0.717, 1.165) is 18.2 Å². The highest BCUT2D eigenvalue weighted by atomic mass is 32.2. The summed E-state index contributed by atoms with van der Waals surface area (Å²) in [5.74, 6) is -6.12. The minimum absolute atomic E-state index is 0.598. The lowest BCUT2D eigenvalue weighted by Crippen LogP contribution is -2.20. The van der Waals surface area contributed by atoms with Crippen LogP contribution in [0.5, 0.6) is 5.75 Å². The summed E-state index contributed by atoms with van der Waals surface area (Å²) in [6.07, 6.45) is 0. The van der Waals surface area contributed by atoms with Crippen molar-refractivity contribution < 1.29 is 32.2 Å². The normalized spacial score (nSPS) is 11.5. The molecule has 1 aromatic rings. The fraction of sp³-hybridized carbons (Fsp3) is 0.125. The minimum Gasteiger partial charge on any atom is -0.505 e. The first-order valence-corrected chi connectivity index (χ1v) is 5.65. The molecule has 0 aliphatic heterocycles. The summed E-state index contributed by atoms with van der Waals surface area (Å²) in [4.78, 5) is 10.6. The molecule has 9 heteroatoms. The van der Waals surface area contributed by atoms with Crippen LogP contribution in [0, 0.1) is 0 Å². The number of sulfonamides is 1. The van der Waals surface area contributed by atoms with Crippen LogP contribution in [0.25, 0.3) is 0 Å². The number of carboxylic acid groups (broad SMARTS) is 1. The van der Waals surface area contributed by atoms with Crippen LogP contribution in [-0.4, -0.2) is 30.4 Å². The highest BCUT2D eigenvalue weighted by molar-refractivity contribution is 7.93. The van der Waals surface area contributed by atoms with E-state index in [2.05, 4.69) is 0 Å². The quantitative estimate of drug-likeness (QED) is 0.707. The van der Waals surface area contributed by atoms with Gasteiger partial charge >= 0.3 is 11.7 Å². The van der Waals surface area contributed by atoms with Gasteiger partial charge in [0, 0.05) is 0 Å². The van der Waals surface area contributed by atoms with Crippen LogP contribution in [0.15, 0.2) is 18.2 Å². The van der Waals surface area contributed by atoms with Gasteiger partial charge in [0.1, 0.15) is 5.56 Å². The lowest BCUT2D eigenvalue weighted by Gasteiger charge is -2.09. The monoisotopic (exact) mass is 267 g/mol. The van der Waals surface area contributed by atoms with Crippen molar-refractivity contribution in [2.45, 2.75) is 5.76 Å². The van der Waals surface area contributed by atoms with E-state index < -0.39 is 38.8 Å². The van der Waals surface area contributed by atoms with Crippen molar-refractivity contribution in [1.82, 2.24) is 0 Å². The van der Waals surface area contributed by atoms with Crippen molar-refractivity contribution in [2.75, 3.05) is 4.72 Å². The zero-order valence-corrected chi connectivity index (χ0v) is 8.91. The third-order valence-corrected chi connectivity index (χ3v) is 2.73. The Hall–Kier alpha value is -1.90. The van der Waals surface area contributed by atoms with Gasteiger partial charge in [-0.05, 0) is 12.1 Å². The first-order valence-electron chi connectivity index (χ1n) is 4.10. The summed E-state index contributed by atoms with van der Waals surface area (Å²) in [5.41, 5.74) is -1.22. The largest absolute Gasteiger partial charge is 0.505 e. The zero-order chi connectivity index (χ0) is 13.2. The molecular weight excluding hydrogens is 260 g/mol. The molecule has 1 rings (SSSR count). The van der Waals surface area contributed by atoms with Gasteiger partial charge in [0.2, 0.25) is 0 Å². The van der Waals surface area contributed by atoms with Gasteiger partial charge in [0.25, 0.3) is 10.0 Å². The summed E-state index contributed by atoms with van der Waals surface area (Å²) in [6.45, 7) is 0. The smallest absolute Gasteiger partial charge is 0.355 e. The summed E-state index contributed by atoms with van der Waals surface area (Å²) < 4.78 is 47.1. The average molecular weight is 267 g/mol. The first kappa shape index (κ1) is 13.2. The van der Waals surface area contributed by atoms with Crippen LogP contribution < -0.4 is 4.72 Å². The van der Waals surface area contributed by atoms with Gasteiger partial charge in [-0.3, -0.25) is 4.72 Å². The van der Waals surface area contributed by atoms with Gasteiger partial charge in [-0.2, -0.15) is 8.78 Å². The molecule has 17 heavy (non-hydrogen) atoms. The molecule has 0 spiro atoms. The topological polar surface area (TPSA) is 104 Å². The Labute approximate surface area is 94.6 Å². The van der Waals surface area contributed by atoms with Crippen LogP contribution in [0.2, 0.25) is 0 Å². The number of hydrogen-bond acceptors (Lipinski definition) is 4. The van der Waals surface area contributed by atoms with Crippen molar-refractivity contribution in [3.8, 4) is 5.75 Å².